The van der Waals surface area contributed by atoms with Crippen LogP contribution in [-0.2, 0) is 38.7 Å². The first-order valence-electron chi connectivity index (χ1n) is 22.1. The molecule has 1 unspecified atom stereocenters. The Hall–Kier alpha value is -6.46. The van der Waals surface area contributed by atoms with Crippen molar-refractivity contribution in [3.05, 3.63) is 112 Å². The SMILES string of the molecule is O=C1CC[C@@H](Nc2ccc(C3CCN(CC(=O)N4CCN(c5ccc(-c6cc(F)c7c(c6)C(=O)N(C(C(=O)Nc6nccs6)c6ncn8c6CCC8)C7)cc5)CC4)CC3)cc2)C(=O)N1.[HH].[HH].[HH]. The number of likely N-dealkylation sites (tertiary alicyclic amines) is 1. The number of aromatic nitrogens is 3. The average Bonchev–Trinajstić information content (AvgIpc) is 4.14. The number of nitrogens with one attached hydrogen (secondary N) is 3. The Morgan fingerprint density at radius 1 is 0.891 bits per heavy atom. The minimum Gasteiger partial charge on any atom is -0.374 e. The van der Waals surface area contributed by atoms with Crippen LogP contribution in [0, 0.1) is 5.82 Å². The number of aryl methyl sites for hydroxylation is 1. The van der Waals surface area contributed by atoms with Crippen LogP contribution in [0.2, 0.25) is 0 Å². The number of hydrogen-bond donors (Lipinski definition) is 3. The van der Waals surface area contributed by atoms with E-state index in [1.54, 1.807) is 24.0 Å². The maximum Gasteiger partial charge on any atom is 0.255 e. The van der Waals surface area contributed by atoms with E-state index in [1.807, 2.05) is 45.9 Å². The molecule has 3 aromatic carbocycles. The van der Waals surface area contributed by atoms with Crippen molar-refractivity contribution in [2.75, 3.05) is 61.3 Å². The molecule has 5 aliphatic rings. The lowest BCUT2D eigenvalue weighted by Crippen LogP contribution is -2.51. The van der Waals surface area contributed by atoms with E-state index in [2.05, 4.69) is 47.9 Å². The Morgan fingerprint density at radius 3 is 2.41 bits per heavy atom. The molecule has 3 N–H and O–H groups in total. The van der Waals surface area contributed by atoms with E-state index in [4.69, 9.17) is 0 Å². The van der Waals surface area contributed by atoms with Crippen LogP contribution in [0.5, 0.6) is 0 Å². The summed E-state index contributed by atoms with van der Waals surface area (Å²) in [4.78, 5) is 81.7. The number of nitrogens with zero attached hydrogens (tertiary/aromatic N) is 7. The van der Waals surface area contributed by atoms with Gasteiger partial charge in [0.2, 0.25) is 17.7 Å². The highest BCUT2D eigenvalue weighted by molar-refractivity contribution is 7.13. The standard InChI is InChI=1S/C47H49FN10O5S.3H2/c48-37-25-32(24-35-36(37)26-58(46(35)63)43(45(62)53-47-49-15-23-64-47)42-39-2-1-16-57(39)28-50-42)30-5-9-34(10-6-30)55-19-21-56(22-20-55)41(60)27-54-17-13-31(14-18-54)29-3-7-33(8-4-29)51-38-11-12-40(59)52-44(38)61;;;/h3-10,15,23-25,28,31,38,43,51H,1-2,11-14,16-22,26-27H2,(H,49,53,62)(H,52,59,61);3*1H/t38-,43?;;;/m1.../s1. The number of halogens is 1. The van der Waals surface area contributed by atoms with Crippen LogP contribution in [0.15, 0.2) is 78.6 Å². The lowest BCUT2D eigenvalue weighted by molar-refractivity contribution is -0.134. The quantitative estimate of drug-likeness (QED) is 0.136. The van der Waals surface area contributed by atoms with E-state index >= 15 is 4.39 Å². The molecule has 0 radical (unpaired) electrons. The zero-order chi connectivity index (χ0) is 43.9. The molecule has 3 fully saturated rings. The van der Waals surface area contributed by atoms with E-state index in [-0.39, 0.29) is 39.7 Å². The van der Waals surface area contributed by atoms with E-state index in [0.29, 0.717) is 67.9 Å². The summed E-state index contributed by atoms with van der Waals surface area (Å²) in [6.45, 7) is 5.45. The number of fused-ring (bicyclic) bond motifs is 2. The normalized spacial score (nSPS) is 19.7. The van der Waals surface area contributed by atoms with Crippen LogP contribution in [0.25, 0.3) is 11.1 Å². The first-order valence-corrected chi connectivity index (χ1v) is 23.0. The summed E-state index contributed by atoms with van der Waals surface area (Å²) in [6, 6.07) is 17.8. The number of imidazole rings is 1. The fraction of sp³-hybridized carbons (Fsp3) is 0.383. The number of hydrogen-bond acceptors (Lipinski definition) is 11. The van der Waals surface area contributed by atoms with Gasteiger partial charge in [0.25, 0.3) is 11.8 Å². The summed E-state index contributed by atoms with van der Waals surface area (Å²) in [6.07, 6.45) is 7.71. The number of amides is 5. The lowest BCUT2D eigenvalue weighted by atomic mass is 9.89. The average molecular weight is 891 g/mol. The molecule has 15 nitrogen and oxygen atoms in total. The number of anilines is 3. The van der Waals surface area contributed by atoms with Crippen LogP contribution in [0.4, 0.5) is 20.9 Å². The zero-order valence-electron chi connectivity index (χ0n) is 35.3. The largest absolute Gasteiger partial charge is 0.374 e. The smallest absolute Gasteiger partial charge is 0.255 e. The molecule has 0 aliphatic carbocycles. The Kier molecular flexibility index (Phi) is 11.4. The zero-order valence-corrected chi connectivity index (χ0v) is 36.1. The molecule has 0 saturated carbocycles. The molecule has 64 heavy (non-hydrogen) atoms. The monoisotopic (exact) mass is 890 g/mol. The van der Waals surface area contributed by atoms with Crippen LogP contribution >= 0.6 is 11.3 Å². The van der Waals surface area contributed by atoms with Gasteiger partial charge in [-0.2, -0.15) is 0 Å². The van der Waals surface area contributed by atoms with E-state index in [0.717, 1.165) is 67.9 Å². The molecule has 10 rings (SSSR count). The van der Waals surface area contributed by atoms with Crippen LogP contribution < -0.4 is 20.9 Å². The Labute approximate surface area is 378 Å². The molecule has 17 heteroatoms. The van der Waals surface area contributed by atoms with Gasteiger partial charge in [-0.05, 0) is 104 Å². The van der Waals surface area contributed by atoms with Gasteiger partial charge < -0.3 is 24.6 Å². The van der Waals surface area contributed by atoms with Crippen molar-refractivity contribution in [3.63, 3.8) is 0 Å². The third-order valence-corrected chi connectivity index (χ3v) is 14.1. The van der Waals surface area contributed by atoms with Crippen LogP contribution in [0.1, 0.15) is 81.2 Å². The molecule has 2 atom stereocenters. The molecule has 5 amide bonds. The first-order chi connectivity index (χ1) is 31.1. The first kappa shape index (κ1) is 41.5. The second-order valence-corrected chi connectivity index (χ2v) is 18.1. The van der Waals surface area contributed by atoms with E-state index < -0.39 is 29.7 Å². The maximum absolute atomic E-state index is 15.9. The van der Waals surface area contributed by atoms with Crippen molar-refractivity contribution < 1.29 is 32.6 Å². The van der Waals surface area contributed by atoms with Gasteiger partial charge in [-0.25, -0.2) is 14.4 Å². The number of piperazine rings is 1. The summed E-state index contributed by atoms with van der Waals surface area (Å²) in [5.74, 6) is -1.33. The number of piperidine rings is 2. The highest BCUT2D eigenvalue weighted by atomic mass is 32.1. The second kappa shape index (κ2) is 17.6. The minimum atomic E-state index is -1.05. The number of carbonyl (C=O) groups excluding carboxylic acids is 5. The molecule has 2 aromatic heterocycles. The van der Waals surface area contributed by atoms with Crippen molar-refractivity contribution in [2.45, 2.75) is 69.6 Å². The predicted molar refractivity (Wildman–Crippen MR) is 246 cm³/mol. The molecule has 5 aliphatic heterocycles. The predicted octanol–water partition coefficient (Wildman–Crippen LogP) is 5.91. The fourth-order valence-electron chi connectivity index (χ4n) is 9.84. The molecule has 336 valence electrons. The van der Waals surface area contributed by atoms with Crippen molar-refractivity contribution in [1.29, 1.82) is 0 Å². The van der Waals surface area contributed by atoms with Gasteiger partial charge in [-0.15, -0.1) is 11.3 Å². The minimum absolute atomic E-state index is 0. The Morgan fingerprint density at radius 2 is 1.67 bits per heavy atom. The number of thiazole rings is 1. The highest BCUT2D eigenvalue weighted by Crippen LogP contribution is 2.38. The number of benzene rings is 3. The number of imide groups is 1. The summed E-state index contributed by atoms with van der Waals surface area (Å²) >= 11 is 1.28. The topological polar surface area (TPSA) is 165 Å². The van der Waals surface area contributed by atoms with E-state index in [1.165, 1.54) is 27.9 Å². The third kappa shape index (κ3) is 8.36. The molecule has 3 saturated heterocycles. The molecule has 5 aromatic rings. The van der Waals surface area contributed by atoms with Crippen molar-refractivity contribution in [3.8, 4) is 11.1 Å². The third-order valence-electron chi connectivity index (χ3n) is 13.4. The van der Waals surface area contributed by atoms with Gasteiger partial charge in [0.05, 0.1) is 25.1 Å². The summed E-state index contributed by atoms with van der Waals surface area (Å²) < 4.78 is 18.0. The number of rotatable bonds is 11. The number of carbonyl (C=O) groups is 5. The van der Waals surface area contributed by atoms with Gasteiger partial charge in [0.1, 0.15) is 11.9 Å². The lowest BCUT2D eigenvalue weighted by Gasteiger charge is -2.38. The van der Waals surface area contributed by atoms with Gasteiger partial charge in [-0.3, -0.25) is 39.5 Å². The molecule has 0 bridgehead atoms. The molecule has 7 heterocycles. The molecular weight excluding hydrogens is 836 g/mol. The second-order valence-electron chi connectivity index (χ2n) is 17.3. The van der Waals surface area contributed by atoms with Gasteiger partial charge in [0.15, 0.2) is 11.2 Å². The summed E-state index contributed by atoms with van der Waals surface area (Å²) in [7, 11) is 0. The Bertz CT molecular complexity index is 2600. The van der Waals surface area contributed by atoms with Crippen molar-refractivity contribution in [2.24, 2.45) is 0 Å². The van der Waals surface area contributed by atoms with Crippen molar-refractivity contribution >= 4 is 57.4 Å². The fourth-order valence-corrected chi connectivity index (χ4v) is 10.4. The van der Waals surface area contributed by atoms with Crippen LogP contribution in [-0.4, -0.2) is 111 Å². The molecule has 0 spiro atoms. The van der Waals surface area contributed by atoms with Gasteiger partial charge >= 0.3 is 0 Å². The molecular formula is C47H55FN10O5S. The Balaban J connectivity index is 0.00000222. The summed E-state index contributed by atoms with van der Waals surface area (Å²) in [5, 5.41) is 10.6. The van der Waals surface area contributed by atoms with Crippen molar-refractivity contribution in [1.82, 2.24) is 34.6 Å². The maximum atomic E-state index is 15.9. The van der Waals surface area contributed by atoms with Gasteiger partial charge in [-0.1, -0.05) is 24.3 Å². The van der Waals surface area contributed by atoms with Crippen LogP contribution in [0.3, 0.4) is 0 Å². The van der Waals surface area contributed by atoms with Gasteiger partial charge in [0, 0.05) is 83.2 Å². The summed E-state index contributed by atoms with van der Waals surface area (Å²) in [5.41, 5.74) is 6.36. The highest BCUT2D eigenvalue weighted by Gasteiger charge is 2.42. The van der Waals surface area contributed by atoms with E-state index in [9.17, 15) is 24.0 Å².